The Bertz CT molecular complexity index is 1580. The number of likely N-dealkylation sites (tertiary alicyclic amines) is 1. The number of carbonyl (C=O) groups excluding carboxylic acids is 2. The summed E-state index contributed by atoms with van der Waals surface area (Å²) < 4.78 is 79.3. The fourth-order valence-electron chi connectivity index (χ4n) is 6.05. The van der Waals surface area contributed by atoms with Gasteiger partial charge in [0.15, 0.2) is 5.75 Å². The summed E-state index contributed by atoms with van der Waals surface area (Å²) >= 11 is 0. The van der Waals surface area contributed by atoms with Crippen molar-refractivity contribution in [3.8, 4) is 11.6 Å². The van der Waals surface area contributed by atoms with Crippen LogP contribution in [-0.4, -0.2) is 90.4 Å². The van der Waals surface area contributed by atoms with Gasteiger partial charge in [0.05, 0.1) is 30.0 Å². The van der Waals surface area contributed by atoms with Gasteiger partial charge in [0.25, 0.3) is 0 Å². The number of aromatic nitrogens is 1. The minimum Gasteiger partial charge on any atom is -0.492 e. The quantitative estimate of drug-likeness (QED) is 0.284. The number of amides is 2. The molecule has 244 valence electrons. The molecule has 0 unspecified atom stereocenters. The van der Waals surface area contributed by atoms with E-state index in [0.717, 1.165) is 43.0 Å². The first-order valence-corrected chi connectivity index (χ1v) is 14.4. The molecule has 2 saturated heterocycles. The summed E-state index contributed by atoms with van der Waals surface area (Å²) in [6, 6.07) is 8.13. The number of carbonyl (C=O) groups is 2. The van der Waals surface area contributed by atoms with Crippen LogP contribution in [-0.2, 0) is 24.3 Å². The van der Waals surface area contributed by atoms with Crippen LogP contribution in [0.4, 0.5) is 38.1 Å². The topological polar surface area (TPSA) is 105 Å². The van der Waals surface area contributed by atoms with E-state index in [4.69, 9.17) is 15.2 Å². The Morgan fingerprint density at radius 3 is 2.36 bits per heavy atom. The second-order valence-corrected chi connectivity index (χ2v) is 11.4. The molecule has 2 aliphatic rings. The smallest absolute Gasteiger partial charge is 0.458 e. The number of nitrogens with one attached hydrogen (secondary N) is 1. The first kappa shape index (κ1) is 32.3. The normalized spacial score (nSPS) is 18.4. The standard InChI is InChI=1S/C30H35F5N6O4/c1-38-9-5-8-23(38)27(42)41-12-10-40(11-13-41)17-19-7-4-6-18-14-24(39(2)25(18)19)45-28(43)37-22-16-20(15-21(36)26(22)44-3)29(31,32)30(33,34)35/h4,6-7,14-16,23H,5,8-13,17,36H2,1-3H3,(H,37,43)/t23-/m0/s1. The molecule has 1 aromatic heterocycles. The number of likely N-dealkylation sites (N-methyl/N-ethyl adjacent to an activating group) is 1. The number of anilines is 2. The number of nitrogens with zero attached hydrogens (tertiary/aromatic N) is 4. The van der Waals surface area contributed by atoms with Crippen LogP contribution in [0.25, 0.3) is 10.9 Å². The molecule has 0 bridgehead atoms. The van der Waals surface area contributed by atoms with Gasteiger partial charge in [-0.15, -0.1) is 0 Å². The molecule has 2 amide bonds. The number of hydrogen-bond acceptors (Lipinski definition) is 7. The van der Waals surface area contributed by atoms with Crippen molar-refractivity contribution in [1.29, 1.82) is 0 Å². The fraction of sp³-hybridized carbons (Fsp3) is 0.467. The Morgan fingerprint density at radius 2 is 1.73 bits per heavy atom. The lowest BCUT2D eigenvalue weighted by molar-refractivity contribution is -0.289. The zero-order valence-corrected chi connectivity index (χ0v) is 25.1. The molecular weight excluding hydrogens is 603 g/mol. The molecule has 3 aromatic rings. The molecule has 5 rings (SSSR count). The molecule has 3 heterocycles. The number of para-hydroxylation sites is 1. The highest BCUT2D eigenvalue weighted by atomic mass is 19.4. The molecule has 3 N–H and O–H groups in total. The van der Waals surface area contributed by atoms with Crippen molar-refractivity contribution in [2.75, 3.05) is 57.9 Å². The first-order valence-electron chi connectivity index (χ1n) is 14.4. The molecule has 0 radical (unpaired) electrons. The summed E-state index contributed by atoms with van der Waals surface area (Å²) in [5.41, 5.74) is 4.92. The summed E-state index contributed by atoms with van der Waals surface area (Å²) in [6.07, 6.45) is -5.13. The van der Waals surface area contributed by atoms with Crippen molar-refractivity contribution in [3.63, 3.8) is 0 Å². The van der Waals surface area contributed by atoms with Crippen LogP contribution in [0.2, 0.25) is 0 Å². The van der Waals surface area contributed by atoms with Crippen LogP contribution >= 0.6 is 0 Å². The van der Waals surface area contributed by atoms with E-state index < -0.39 is 35.1 Å². The van der Waals surface area contributed by atoms with Gasteiger partial charge in [0.1, 0.15) is 0 Å². The first-order chi connectivity index (χ1) is 21.2. The van der Waals surface area contributed by atoms with Gasteiger partial charge in [0.2, 0.25) is 11.8 Å². The summed E-state index contributed by atoms with van der Waals surface area (Å²) in [4.78, 5) is 32.1. The maximum atomic E-state index is 14.1. The predicted molar refractivity (Wildman–Crippen MR) is 157 cm³/mol. The maximum Gasteiger partial charge on any atom is 0.458 e. The molecule has 10 nitrogen and oxygen atoms in total. The third kappa shape index (κ3) is 6.36. The number of methoxy groups -OCH3 is 1. The number of alkyl halides is 5. The molecule has 0 spiro atoms. The second-order valence-electron chi connectivity index (χ2n) is 11.4. The lowest BCUT2D eigenvalue weighted by atomic mass is 10.1. The number of hydrogen-bond donors (Lipinski definition) is 2. The Labute approximate surface area is 256 Å². The van der Waals surface area contributed by atoms with Gasteiger partial charge in [-0.2, -0.15) is 22.0 Å². The van der Waals surface area contributed by atoms with Gasteiger partial charge < -0.3 is 24.7 Å². The van der Waals surface area contributed by atoms with Crippen molar-refractivity contribution >= 4 is 34.3 Å². The van der Waals surface area contributed by atoms with Crippen molar-refractivity contribution in [2.24, 2.45) is 7.05 Å². The van der Waals surface area contributed by atoms with Crippen molar-refractivity contribution < 1.29 is 41.0 Å². The molecule has 2 aromatic carbocycles. The lowest BCUT2D eigenvalue weighted by Crippen LogP contribution is -2.52. The summed E-state index contributed by atoms with van der Waals surface area (Å²) in [7, 11) is 4.80. The number of ether oxygens (including phenoxy) is 2. The average Bonchev–Trinajstić information content (AvgIpc) is 3.55. The van der Waals surface area contributed by atoms with Crippen molar-refractivity contribution in [1.82, 2.24) is 19.3 Å². The highest BCUT2D eigenvalue weighted by Crippen LogP contribution is 2.47. The zero-order chi connectivity index (χ0) is 32.7. The van der Waals surface area contributed by atoms with Gasteiger partial charge in [-0.05, 0) is 44.1 Å². The number of halogens is 5. The SMILES string of the molecule is COc1c(N)cc(C(F)(F)C(F)(F)F)cc1NC(=O)Oc1cc2cccc(CN3CCN(C(=O)[C@@H]4CCCN4C)CC3)c2n1C. The molecule has 15 heteroatoms. The third-order valence-corrected chi connectivity index (χ3v) is 8.45. The van der Waals surface area contributed by atoms with Crippen LogP contribution < -0.4 is 20.5 Å². The van der Waals surface area contributed by atoms with E-state index in [-0.39, 0.29) is 23.6 Å². The number of aryl methyl sites for hydroxylation is 1. The Morgan fingerprint density at radius 1 is 1.02 bits per heavy atom. The van der Waals surface area contributed by atoms with E-state index >= 15 is 0 Å². The number of piperazine rings is 1. The fourth-order valence-corrected chi connectivity index (χ4v) is 6.05. The van der Waals surface area contributed by atoms with E-state index in [1.165, 1.54) is 0 Å². The number of nitrogens with two attached hydrogens (primary N) is 1. The van der Waals surface area contributed by atoms with Crippen LogP contribution in [0.1, 0.15) is 24.0 Å². The van der Waals surface area contributed by atoms with Crippen LogP contribution in [0, 0.1) is 0 Å². The molecule has 2 fully saturated rings. The number of fused-ring (bicyclic) bond motifs is 1. The minimum absolute atomic E-state index is 0.0486. The van der Waals surface area contributed by atoms with E-state index in [0.29, 0.717) is 44.9 Å². The predicted octanol–water partition coefficient (Wildman–Crippen LogP) is 4.77. The third-order valence-electron chi connectivity index (χ3n) is 8.45. The molecule has 45 heavy (non-hydrogen) atoms. The van der Waals surface area contributed by atoms with Crippen molar-refractivity contribution in [3.05, 3.63) is 47.5 Å². The Hall–Kier alpha value is -4.11. The zero-order valence-electron chi connectivity index (χ0n) is 25.1. The van der Waals surface area contributed by atoms with Gasteiger partial charge in [-0.3, -0.25) is 19.9 Å². The van der Waals surface area contributed by atoms with E-state index in [1.54, 1.807) is 17.7 Å². The molecule has 1 atom stereocenters. The summed E-state index contributed by atoms with van der Waals surface area (Å²) in [5, 5.41) is 2.95. The summed E-state index contributed by atoms with van der Waals surface area (Å²) in [6.45, 7) is 4.18. The highest BCUT2D eigenvalue weighted by Gasteiger charge is 2.59. The average molecular weight is 639 g/mol. The molecular formula is C30H35F5N6O4. The second kappa shape index (κ2) is 12.4. The van der Waals surface area contributed by atoms with Crippen LogP contribution in [0.15, 0.2) is 36.4 Å². The highest BCUT2D eigenvalue weighted by molar-refractivity contribution is 5.92. The Balaban J connectivity index is 1.29. The van der Waals surface area contributed by atoms with Gasteiger partial charge in [0, 0.05) is 56.8 Å². The van der Waals surface area contributed by atoms with Crippen LogP contribution in [0.3, 0.4) is 0 Å². The number of benzene rings is 2. The van der Waals surface area contributed by atoms with Gasteiger partial charge in [-0.1, -0.05) is 18.2 Å². The minimum atomic E-state index is -5.88. The molecule has 0 aliphatic carbocycles. The lowest BCUT2D eigenvalue weighted by Gasteiger charge is -2.37. The molecule has 2 aliphatic heterocycles. The number of rotatable bonds is 7. The van der Waals surface area contributed by atoms with Crippen molar-refractivity contribution in [2.45, 2.75) is 37.5 Å². The van der Waals surface area contributed by atoms with E-state index in [2.05, 4.69) is 15.1 Å². The largest absolute Gasteiger partial charge is 0.492 e. The van der Waals surface area contributed by atoms with E-state index in [9.17, 15) is 31.5 Å². The Kier molecular flexibility index (Phi) is 8.86. The maximum absolute atomic E-state index is 14.1. The monoisotopic (exact) mass is 638 g/mol. The van der Waals surface area contributed by atoms with Crippen LogP contribution in [0.5, 0.6) is 11.6 Å². The van der Waals surface area contributed by atoms with Gasteiger partial charge >= 0.3 is 18.2 Å². The number of nitrogen functional groups attached to an aromatic ring is 1. The van der Waals surface area contributed by atoms with E-state index in [1.807, 2.05) is 30.1 Å². The summed E-state index contributed by atoms with van der Waals surface area (Å²) in [5.74, 6) is -5.24. The molecule has 0 saturated carbocycles. The van der Waals surface area contributed by atoms with Gasteiger partial charge in [-0.25, -0.2) is 4.79 Å².